The Kier molecular flexibility index (Phi) is 3.67. The van der Waals surface area contributed by atoms with Gasteiger partial charge in [0.05, 0.1) is 32.7 Å². The van der Waals surface area contributed by atoms with Crippen LogP contribution in [-0.4, -0.2) is 36.9 Å². The summed E-state index contributed by atoms with van der Waals surface area (Å²) in [5.74, 6) is 0.994. The predicted octanol–water partition coefficient (Wildman–Crippen LogP) is 1.51. The average molecular weight is 338 g/mol. The van der Waals surface area contributed by atoms with E-state index in [1.54, 1.807) is 10.7 Å². The lowest BCUT2D eigenvalue weighted by molar-refractivity contribution is 0.0971. The number of aromatic nitrogens is 3. The van der Waals surface area contributed by atoms with Gasteiger partial charge in [-0.05, 0) is 12.1 Å². The summed E-state index contributed by atoms with van der Waals surface area (Å²) < 4.78 is 39.7. The lowest BCUT2D eigenvalue weighted by atomic mass is 9.94. The van der Waals surface area contributed by atoms with Crippen molar-refractivity contribution in [1.29, 1.82) is 0 Å². The average Bonchev–Trinajstić information content (AvgIpc) is 2.90. The Balaban J connectivity index is 1.87. The summed E-state index contributed by atoms with van der Waals surface area (Å²) in [6, 6.07) is 3.15. The van der Waals surface area contributed by atoms with Crippen molar-refractivity contribution in [2.45, 2.75) is 25.3 Å². The van der Waals surface area contributed by atoms with Crippen molar-refractivity contribution in [2.75, 3.05) is 18.4 Å². The third-order valence-electron chi connectivity index (χ3n) is 3.44. The highest BCUT2D eigenvalue weighted by molar-refractivity contribution is 7.92. The van der Waals surface area contributed by atoms with Crippen LogP contribution in [0.5, 0.6) is 11.6 Å². The summed E-state index contributed by atoms with van der Waals surface area (Å²) in [5.41, 5.74) is -0.0922. The topological polar surface area (TPSA) is 95.3 Å². The van der Waals surface area contributed by atoms with Crippen LogP contribution in [0.2, 0.25) is 0 Å². The van der Waals surface area contributed by atoms with Gasteiger partial charge < -0.3 is 9.47 Å². The third kappa shape index (κ3) is 3.09. The van der Waals surface area contributed by atoms with Gasteiger partial charge in [0.15, 0.2) is 4.90 Å². The van der Waals surface area contributed by atoms with E-state index in [4.69, 9.17) is 9.47 Å². The number of anilines is 1. The van der Waals surface area contributed by atoms with Gasteiger partial charge in [-0.3, -0.25) is 4.72 Å². The van der Waals surface area contributed by atoms with Crippen LogP contribution < -0.4 is 14.2 Å². The molecule has 0 radical (unpaired) electrons. The van der Waals surface area contributed by atoms with E-state index < -0.39 is 10.0 Å². The predicted molar refractivity (Wildman–Crippen MR) is 83.1 cm³/mol. The van der Waals surface area contributed by atoms with Crippen LogP contribution in [0.4, 0.5) is 5.82 Å². The molecule has 0 atom stereocenters. The minimum Gasteiger partial charge on any atom is -0.495 e. The van der Waals surface area contributed by atoms with Crippen molar-refractivity contribution in [3.63, 3.8) is 0 Å². The highest BCUT2D eigenvalue weighted by atomic mass is 32.2. The summed E-state index contributed by atoms with van der Waals surface area (Å²) >= 11 is 0. The Bertz CT molecular complexity index is 812. The minimum absolute atomic E-state index is 0.00520. The van der Waals surface area contributed by atoms with Gasteiger partial charge in [-0.25, -0.2) is 18.1 Å². The van der Waals surface area contributed by atoms with Gasteiger partial charge in [-0.15, -0.1) is 0 Å². The first-order valence-corrected chi connectivity index (χ1v) is 8.50. The fraction of sp³-hybridized carbons (Fsp3) is 0.429. The number of ether oxygens (including phenoxy) is 2. The summed E-state index contributed by atoms with van der Waals surface area (Å²) in [6.45, 7) is 5.09. The van der Waals surface area contributed by atoms with Gasteiger partial charge in [0, 0.05) is 5.41 Å². The largest absolute Gasteiger partial charge is 0.495 e. The van der Waals surface area contributed by atoms with Gasteiger partial charge in [0.2, 0.25) is 5.88 Å². The highest BCUT2D eigenvalue weighted by Crippen LogP contribution is 2.33. The van der Waals surface area contributed by atoms with Crippen molar-refractivity contribution in [1.82, 2.24) is 14.8 Å². The van der Waals surface area contributed by atoms with Gasteiger partial charge in [-0.1, -0.05) is 13.8 Å². The van der Waals surface area contributed by atoms with Crippen LogP contribution >= 0.6 is 0 Å². The lowest BCUT2D eigenvalue weighted by Gasteiger charge is -2.30. The number of nitrogens with one attached hydrogen (secondary N) is 1. The molecule has 124 valence electrons. The van der Waals surface area contributed by atoms with Crippen LogP contribution in [0.1, 0.15) is 13.8 Å². The lowest BCUT2D eigenvalue weighted by Crippen LogP contribution is -2.33. The molecule has 2 aromatic heterocycles. The van der Waals surface area contributed by atoms with Crippen LogP contribution in [0.15, 0.2) is 29.4 Å². The van der Waals surface area contributed by atoms with E-state index in [1.807, 2.05) is 13.8 Å². The molecule has 0 spiro atoms. The van der Waals surface area contributed by atoms with Crippen molar-refractivity contribution >= 4 is 15.8 Å². The van der Waals surface area contributed by atoms with E-state index in [1.165, 1.54) is 25.6 Å². The molecule has 2 aromatic rings. The van der Waals surface area contributed by atoms with E-state index in [2.05, 4.69) is 14.8 Å². The fourth-order valence-electron chi connectivity index (χ4n) is 2.27. The molecule has 0 aliphatic carbocycles. The molecule has 3 rings (SSSR count). The molecule has 1 aliphatic rings. The maximum atomic E-state index is 12.5. The highest BCUT2D eigenvalue weighted by Gasteiger charge is 2.33. The van der Waals surface area contributed by atoms with Crippen LogP contribution in [0.3, 0.4) is 0 Å². The summed E-state index contributed by atoms with van der Waals surface area (Å²) in [7, 11) is -2.32. The number of nitrogens with zero attached hydrogens (tertiary/aromatic N) is 3. The second kappa shape index (κ2) is 5.41. The van der Waals surface area contributed by atoms with E-state index in [0.29, 0.717) is 18.9 Å². The van der Waals surface area contributed by atoms with Crippen LogP contribution in [0, 0.1) is 5.41 Å². The Morgan fingerprint density at radius 1 is 1.35 bits per heavy atom. The molecular formula is C14H18N4O4S. The molecular weight excluding hydrogens is 320 g/mol. The SMILES string of the molecule is COc1ccc(NS(=O)(=O)c2cnn3c2OCC(C)(C)C3)nc1. The standard InChI is InChI=1S/C14H18N4O4S/c1-14(2)8-18-13(22-9-14)11(7-16-18)23(19,20)17-12-5-4-10(21-3)6-15-12/h4-7H,8-9H2,1-3H3,(H,15,17). The molecule has 3 heterocycles. The third-order valence-corrected chi connectivity index (χ3v) is 4.77. The Labute approximate surface area is 134 Å². The second-order valence-corrected chi connectivity index (χ2v) is 7.76. The maximum Gasteiger partial charge on any atom is 0.270 e. The molecule has 8 nitrogen and oxygen atoms in total. The summed E-state index contributed by atoms with van der Waals surface area (Å²) in [5, 5.41) is 4.12. The summed E-state index contributed by atoms with van der Waals surface area (Å²) in [4.78, 5) is 4.00. The first kappa shape index (κ1) is 15.6. The molecule has 0 aromatic carbocycles. The normalized spacial score (nSPS) is 16.3. The quantitative estimate of drug-likeness (QED) is 0.908. The van der Waals surface area contributed by atoms with E-state index in [0.717, 1.165) is 0 Å². The molecule has 0 bridgehead atoms. The molecule has 0 unspecified atom stereocenters. The smallest absolute Gasteiger partial charge is 0.270 e. The molecule has 0 amide bonds. The zero-order chi connectivity index (χ0) is 16.7. The fourth-order valence-corrected chi connectivity index (χ4v) is 3.35. The Morgan fingerprint density at radius 2 is 2.13 bits per heavy atom. The van der Waals surface area contributed by atoms with Gasteiger partial charge in [-0.2, -0.15) is 5.10 Å². The molecule has 0 fully saturated rings. The first-order valence-electron chi connectivity index (χ1n) is 7.02. The summed E-state index contributed by atoms with van der Waals surface area (Å²) in [6.07, 6.45) is 2.73. The van der Waals surface area contributed by atoms with E-state index >= 15 is 0 Å². The van der Waals surface area contributed by atoms with Crippen molar-refractivity contribution in [3.05, 3.63) is 24.5 Å². The van der Waals surface area contributed by atoms with E-state index in [-0.39, 0.29) is 22.0 Å². The van der Waals surface area contributed by atoms with Crippen LogP contribution in [0.25, 0.3) is 0 Å². The van der Waals surface area contributed by atoms with Gasteiger partial charge in [0.1, 0.15) is 11.6 Å². The second-order valence-electron chi connectivity index (χ2n) is 6.11. The zero-order valence-corrected chi connectivity index (χ0v) is 13.9. The Hall–Kier alpha value is -2.29. The molecule has 0 saturated heterocycles. The number of sulfonamides is 1. The monoisotopic (exact) mass is 338 g/mol. The molecule has 1 N–H and O–H groups in total. The molecule has 1 aliphatic heterocycles. The number of hydrogen-bond acceptors (Lipinski definition) is 6. The van der Waals surface area contributed by atoms with Gasteiger partial charge in [0.25, 0.3) is 10.0 Å². The number of hydrogen-bond donors (Lipinski definition) is 1. The number of rotatable bonds is 4. The molecule has 23 heavy (non-hydrogen) atoms. The molecule has 9 heteroatoms. The van der Waals surface area contributed by atoms with Crippen LogP contribution in [-0.2, 0) is 16.6 Å². The maximum absolute atomic E-state index is 12.5. The Morgan fingerprint density at radius 3 is 2.78 bits per heavy atom. The van der Waals surface area contributed by atoms with Crippen molar-refractivity contribution in [2.24, 2.45) is 5.41 Å². The zero-order valence-electron chi connectivity index (χ0n) is 13.1. The van der Waals surface area contributed by atoms with E-state index in [9.17, 15) is 8.42 Å². The number of pyridine rings is 1. The van der Waals surface area contributed by atoms with Gasteiger partial charge >= 0.3 is 0 Å². The van der Waals surface area contributed by atoms with Crippen molar-refractivity contribution in [3.8, 4) is 11.6 Å². The molecule has 0 saturated carbocycles. The first-order chi connectivity index (χ1) is 10.8. The van der Waals surface area contributed by atoms with Crippen molar-refractivity contribution < 1.29 is 17.9 Å². The number of fused-ring (bicyclic) bond motifs is 1. The minimum atomic E-state index is -3.83. The number of methoxy groups -OCH3 is 1.